The number of para-hydroxylation sites is 2. The molecule has 2 N–H and O–H groups in total. The molecule has 2 amide bonds. The average Bonchev–Trinajstić information content (AvgIpc) is 3.26. The average molecular weight is 435 g/mol. The van der Waals surface area contributed by atoms with Crippen LogP contribution in [0.15, 0.2) is 53.1 Å². The fraction of sp³-hybridized carbons (Fsp3) is 0.304. The second-order valence-corrected chi connectivity index (χ2v) is 7.48. The third kappa shape index (κ3) is 4.78. The van der Waals surface area contributed by atoms with Crippen LogP contribution in [0.5, 0.6) is 5.75 Å². The maximum Gasteiger partial charge on any atom is 0.251 e. The van der Waals surface area contributed by atoms with E-state index in [-0.39, 0.29) is 24.3 Å². The Bertz CT molecular complexity index is 1110. The second-order valence-electron chi connectivity index (χ2n) is 7.48. The van der Waals surface area contributed by atoms with Crippen molar-refractivity contribution in [3.8, 4) is 17.1 Å². The van der Waals surface area contributed by atoms with Crippen LogP contribution >= 0.6 is 0 Å². The Morgan fingerprint density at radius 2 is 2.00 bits per heavy atom. The number of likely N-dealkylation sites (tertiary alicyclic amines) is 1. The maximum atomic E-state index is 12.4. The SMILES string of the molecule is CCOc1ccccc1NC(=O)CN1CC(c2nc(-c3cccc(C(=O)NC)c3)no2)C1. The molecule has 0 spiro atoms. The highest BCUT2D eigenvalue weighted by molar-refractivity contribution is 5.95. The number of anilines is 1. The van der Waals surface area contributed by atoms with Gasteiger partial charge in [-0.15, -0.1) is 0 Å². The lowest BCUT2D eigenvalue weighted by Gasteiger charge is -2.36. The van der Waals surface area contributed by atoms with Crippen LogP contribution in [0.4, 0.5) is 5.69 Å². The Hall–Kier alpha value is -3.72. The number of hydrogen-bond donors (Lipinski definition) is 2. The molecule has 3 aromatic rings. The number of carbonyl (C=O) groups is 2. The molecule has 9 nitrogen and oxygen atoms in total. The van der Waals surface area contributed by atoms with Crippen LogP contribution in [0.3, 0.4) is 0 Å². The molecular weight excluding hydrogens is 410 g/mol. The number of aromatic nitrogens is 2. The number of amides is 2. The minimum atomic E-state index is -0.174. The summed E-state index contributed by atoms with van der Waals surface area (Å²) in [4.78, 5) is 30.8. The molecule has 0 radical (unpaired) electrons. The molecule has 32 heavy (non-hydrogen) atoms. The van der Waals surface area contributed by atoms with Crippen molar-refractivity contribution in [1.82, 2.24) is 20.4 Å². The summed E-state index contributed by atoms with van der Waals surface area (Å²) in [7, 11) is 1.59. The molecule has 2 heterocycles. The summed E-state index contributed by atoms with van der Waals surface area (Å²) in [5, 5.41) is 9.56. The molecular formula is C23H25N5O4. The normalized spacial score (nSPS) is 13.9. The highest BCUT2D eigenvalue weighted by Gasteiger charge is 2.33. The Kier molecular flexibility index (Phi) is 6.46. The fourth-order valence-corrected chi connectivity index (χ4v) is 3.56. The van der Waals surface area contributed by atoms with E-state index in [1.54, 1.807) is 25.2 Å². The highest BCUT2D eigenvalue weighted by Crippen LogP contribution is 2.28. The first-order valence-electron chi connectivity index (χ1n) is 10.5. The van der Waals surface area contributed by atoms with Crippen LogP contribution in [-0.2, 0) is 4.79 Å². The van der Waals surface area contributed by atoms with Crippen LogP contribution in [-0.4, -0.2) is 60.1 Å². The lowest BCUT2D eigenvalue weighted by Crippen LogP contribution is -2.48. The smallest absolute Gasteiger partial charge is 0.251 e. The summed E-state index contributed by atoms with van der Waals surface area (Å²) in [6.07, 6.45) is 0. The van der Waals surface area contributed by atoms with Gasteiger partial charge in [-0.1, -0.05) is 29.4 Å². The predicted octanol–water partition coefficient (Wildman–Crippen LogP) is 2.53. The highest BCUT2D eigenvalue weighted by atomic mass is 16.5. The third-order valence-electron chi connectivity index (χ3n) is 5.19. The van der Waals surface area contributed by atoms with Crippen LogP contribution in [0.25, 0.3) is 11.4 Å². The van der Waals surface area contributed by atoms with Crippen molar-refractivity contribution in [2.24, 2.45) is 0 Å². The van der Waals surface area contributed by atoms with E-state index in [0.717, 1.165) is 0 Å². The Morgan fingerprint density at radius 1 is 1.19 bits per heavy atom. The standard InChI is InChI=1S/C23H25N5O4/c1-3-31-19-10-5-4-9-18(19)25-20(29)14-28-12-17(13-28)23-26-21(27-32-23)15-7-6-8-16(11-15)22(30)24-2/h4-11,17H,3,12-14H2,1-2H3,(H,24,30)(H,25,29). The molecule has 2 aromatic carbocycles. The number of carbonyl (C=O) groups excluding carboxylic acids is 2. The minimum absolute atomic E-state index is 0.0712. The minimum Gasteiger partial charge on any atom is -0.492 e. The summed E-state index contributed by atoms with van der Waals surface area (Å²) in [5.74, 6) is 1.42. The molecule has 1 saturated heterocycles. The van der Waals surface area contributed by atoms with Gasteiger partial charge in [0.15, 0.2) is 0 Å². The number of benzene rings is 2. The largest absolute Gasteiger partial charge is 0.492 e. The van der Waals surface area contributed by atoms with Crippen molar-refractivity contribution >= 4 is 17.5 Å². The number of ether oxygens (including phenoxy) is 1. The Morgan fingerprint density at radius 3 is 2.78 bits per heavy atom. The quantitative estimate of drug-likeness (QED) is 0.559. The lowest BCUT2D eigenvalue weighted by molar-refractivity contribution is -0.118. The molecule has 9 heteroatoms. The lowest BCUT2D eigenvalue weighted by atomic mass is 10.0. The van der Waals surface area contributed by atoms with E-state index in [0.29, 0.717) is 54.0 Å². The summed E-state index contributed by atoms with van der Waals surface area (Å²) >= 11 is 0. The van der Waals surface area contributed by atoms with Crippen molar-refractivity contribution in [3.05, 3.63) is 60.0 Å². The van der Waals surface area contributed by atoms with E-state index in [1.807, 2.05) is 42.2 Å². The summed E-state index contributed by atoms with van der Waals surface area (Å²) < 4.78 is 11.0. The zero-order chi connectivity index (χ0) is 22.5. The van der Waals surface area contributed by atoms with Crippen molar-refractivity contribution < 1.29 is 18.8 Å². The van der Waals surface area contributed by atoms with Crippen molar-refractivity contribution in [2.45, 2.75) is 12.8 Å². The molecule has 1 fully saturated rings. The van der Waals surface area contributed by atoms with E-state index in [9.17, 15) is 9.59 Å². The van der Waals surface area contributed by atoms with E-state index in [4.69, 9.17) is 9.26 Å². The fourth-order valence-electron chi connectivity index (χ4n) is 3.56. The molecule has 1 aromatic heterocycles. The number of rotatable bonds is 8. The van der Waals surface area contributed by atoms with Gasteiger partial charge < -0.3 is 19.9 Å². The molecule has 1 aliphatic rings. The molecule has 1 aliphatic heterocycles. The summed E-state index contributed by atoms with van der Waals surface area (Å²) in [5.41, 5.74) is 1.91. The number of nitrogens with one attached hydrogen (secondary N) is 2. The summed E-state index contributed by atoms with van der Waals surface area (Å²) in [6.45, 7) is 4.01. The number of hydrogen-bond acceptors (Lipinski definition) is 7. The molecule has 4 rings (SSSR count). The topological polar surface area (TPSA) is 110 Å². The van der Waals surface area contributed by atoms with Crippen LogP contribution < -0.4 is 15.4 Å². The van der Waals surface area contributed by atoms with Gasteiger partial charge in [-0.25, -0.2) is 0 Å². The van der Waals surface area contributed by atoms with Gasteiger partial charge >= 0.3 is 0 Å². The van der Waals surface area contributed by atoms with Crippen LogP contribution in [0.1, 0.15) is 29.1 Å². The van der Waals surface area contributed by atoms with Crippen LogP contribution in [0.2, 0.25) is 0 Å². The Labute approximate surface area is 185 Å². The van der Waals surface area contributed by atoms with Crippen LogP contribution in [0, 0.1) is 0 Å². The van der Waals surface area contributed by atoms with Gasteiger partial charge in [0.25, 0.3) is 5.91 Å². The molecule has 0 saturated carbocycles. The summed E-state index contributed by atoms with van der Waals surface area (Å²) in [6, 6.07) is 14.4. The Balaban J connectivity index is 1.32. The first-order chi connectivity index (χ1) is 15.6. The van der Waals surface area contributed by atoms with E-state index in [2.05, 4.69) is 20.8 Å². The zero-order valence-corrected chi connectivity index (χ0v) is 18.0. The van der Waals surface area contributed by atoms with Gasteiger partial charge in [-0.05, 0) is 31.2 Å². The first-order valence-corrected chi connectivity index (χ1v) is 10.5. The van der Waals surface area contributed by atoms with E-state index < -0.39 is 0 Å². The molecule has 0 bridgehead atoms. The van der Waals surface area contributed by atoms with Gasteiger partial charge in [0, 0.05) is 31.3 Å². The molecule has 0 unspecified atom stereocenters. The van der Waals surface area contributed by atoms with E-state index in [1.165, 1.54) is 0 Å². The van der Waals surface area contributed by atoms with Crippen molar-refractivity contribution in [2.75, 3.05) is 38.6 Å². The van der Waals surface area contributed by atoms with Gasteiger partial charge in [-0.2, -0.15) is 4.98 Å². The second kappa shape index (κ2) is 9.61. The predicted molar refractivity (Wildman–Crippen MR) is 119 cm³/mol. The maximum absolute atomic E-state index is 12.4. The third-order valence-corrected chi connectivity index (χ3v) is 5.19. The van der Waals surface area contributed by atoms with Gasteiger partial charge in [0.05, 0.1) is 24.8 Å². The van der Waals surface area contributed by atoms with Crippen molar-refractivity contribution in [3.63, 3.8) is 0 Å². The number of nitrogens with zero attached hydrogens (tertiary/aromatic N) is 3. The first kappa shape index (κ1) is 21.5. The van der Waals surface area contributed by atoms with Gasteiger partial charge in [-0.3, -0.25) is 14.5 Å². The van der Waals surface area contributed by atoms with Gasteiger partial charge in [0.1, 0.15) is 5.75 Å². The molecule has 0 aliphatic carbocycles. The van der Waals surface area contributed by atoms with Crippen molar-refractivity contribution in [1.29, 1.82) is 0 Å². The zero-order valence-electron chi connectivity index (χ0n) is 18.0. The van der Waals surface area contributed by atoms with Gasteiger partial charge in [0.2, 0.25) is 17.6 Å². The monoisotopic (exact) mass is 435 g/mol. The van der Waals surface area contributed by atoms with E-state index >= 15 is 0 Å². The molecule has 0 atom stereocenters. The molecule has 166 valence electrons.